The molecule has 0 saturated carbocycles. The van der Waals surface area contributed by atoms with Crippen LogP contribution in [0.25, 0.3) is 0 Å². The van der Waals surface area contributed by atoms with Crippen LogP contribution in [0.4, 0.5) is 0 Å². The Bertz CT molecular complexity index is 78.1. The van der Waals surface area contributed by atoms with E-state index in [0.717, 1.165) is 0 Å². The van der Waals surface area contributed by atoms with Gasteiger partial charge in [-0.1, -0.05) is 0 Å². The van der Waals surface area contributed by atoms with Crippen LogP contribution < -0.4 is 12.3 Å². The molecule has 8 N–H and O–H groups in total. The first-order valence-corrected chi connectivity index (χ1v) is 3.52. The van der Waals surface area contributed by atoms with E-state index in [1.165, 1.54) is 0 Å². The maximum atomic E-state index is 9.51. The van der Waals surface area contributed by atoms with Gasteiger partial charge >= 0.3 is 24.4 Å². The van der Waals surface area contributed by atoms with Gasteiger partial charge in [-0.3, -0.25) is 0 Å². The van der Waals surface area contributed by atoms with Crippen LogP contribution in [-0.2, 0) is 8.14 Å². The van der Waals surface area contributed by atoms with Gasteiger partial charge in [-0.2, -0.15) is 0 Å². The Kier molecular flexibility index (Phi) is 11.3. The van der Waals surface area contributed by atoms with E-state index in [2.05, 4.69) is 3.58 Å². The van der Waals surface area contributed by atoms with Crippen LogP contribution in [0.2, 0.25) is 0 Å². The summed E-state index contributed by atoms with van der Waals surface area (Å²) in [5.74, 6) is 0. The van der Waals surface area contributed by atoms with Crippen molar-refractivity contribution in [2.75, 3.05) is 0 Å². The highest BCUT2D eigenvalue weighted by Gasteiger charge is 2.05. The fourth-order valence-corrected chi connectivity index (χ4v) is 0. The molecule has 0 rings (SSSR count). The largest absolute Gasteiger partial charge is 0.441 e. The van der Waals surface area contributed by atoms with Crippen molar-refractivity contribution in [3.8, 4) is 0 Å². The first-order valence-electron chi connectivity index (χ1n) is 1.17. The summed E-state index contributed by atoms with van der Waals surface area (Å²) in [6.07, 6.45) is 0. The lowest BCUT2D eigenvalue weighted by Gasteiger charge is -1.96. The van der Waals surface area contributed by atoms with Crippen LogP contribution in [0.1, 0.15) is 0 Å². The van der Waals surface area contributed by atoms with Crippen LogP contribution >= 0.6 is 7.82 Å². The van der Waals surface area contributed by atoms with E-state index in [9.17, 15) is 4.57 Å². The summed E-state index contributed by atoms with van der Waals surface area (Å²) in [6.45, 7) is 0. The Balaban J connectivity index is -0.000000125. The van der Waals surface area contributed by atoms with Gasteiger partial charge in [0.2, 0.25) is 0 Å². The molecule has 0 heterocycles. The van der Waals surface area contributed by atoms with E-state index >= 15 is 0 Å². The maximum absolute atomic E-state index is 9.51. The molecule has 0 amide bonds. The molecule has 0 fully saturated rings. The van der Waals surface area contributed by atoms with E-state index in [-0.39, 0.29) is 28.9 Å². The van der Waals surface area contributed by atoms with Crippen LogP contribution in [0.3, 0.4) is 0 Å². The van der Waals surface area contributed by atoms with E-state index < -0.39 is 7.82 Å². The van der Waals surface area contributed by atoms with Gasteiger partial charge in [-0.25, -0.2) is 4.57 Å². The molecule has 0 aliphatic heterocycles. The summed E-state index contributed by atoms with van der Waals surface area (Å²) in [4.78, 5) is 15.5. The molecule has 0 bridgehead atoms. The summed E-state index contributed by atoms with van der Waals surface area (Å²) in [5, 5.41) is 0. The highest BCUT2D eigenvalue weighted by atomic mass is 31.2. The maximum Gasteiger partial charge on any atom is 0.441 e. The predicted octanol–water partition coefficient (Wildman–Crippen LogP) is -1.03. The van der Waals surface area contributed by atoms with E-state index in [0.29, 0.717) is 0 Å². The molecule has 0 unspecified atom stereocenters. The molecule has 0 atom stereocenters. The van der Waals surface area contributed by atoms with Crippen molar-refractivity contribution in [3.05, 3.63) is 0 Å². The summed E-state index contributed by atoms with van der Waals surface area (Å²) in [7, 11) is -4.08. The monoisotopic (exact) mass is 160 g/mol. The second kappa shape index (κ2) is 5.69. The van der Waals surface area contributed by atoms with Crippen molar-refractivity contribution in [2.24, 2.45) is 0 Å². The molecular formula is H10AlN2O4P. The summed E-state index contributed by atoms with van der Waals surface area (Å²) >= 11 is 0.0849. The van der Waals surface area contributed by atoms with Gasteiger partial charge in [0.25, 0.3) is 0 Å². The Morgan fingerprint density at radius 1 is 1.38 bits per heavy atom. The Labute approximate surface area is 55.4 Å². The second-order valence-electron chi connectivity index (χ2n) is 0.673. The lowest BCUT2D eigenvalue weighted by atomic mass is 14.0. The number of rotatable bonds is 1. The van der Waals surface area contributed by atoms with Crippen molar-refractivity contribution in [1.29, 1.82) is 0 Å². The number of hydrogen-bond acceptors (Lipinski definition) is 4. The second-order valence-corrected chi connectivity index (χ2v) is 3.11. The minimum absolute atomic E-state index is 0. The van der Waals surface area contributed by atoms with Crippen molar-refractivity contribution >= 4 is 24.4 Å². The van der Waals surface area contributed by atoms with Gasteiger partial charge in [0.1, 0.15) is 0 Å². The quantitative estimate of drug-likeness (QED) is 0.286. The topological polar surface area (TPSA) is 137 Å². The molecule has 0 aromatic rings. The van der Waals surface area contributed by atoms with Gasteiger partial charge in [-0.05, 0) is 0 Å². The third-order valence-corrected chi connectivity index (χ3v) is 2.14. The predicted molar refractivity (Wildman–Crippen MR) is 31.7 cm³/mol. The van der Waals surface area contributed by atoms with Crippen molar-refractivity contribution in [2.45, 2.75) is 0 Å². The molecule has 0 aliphatic carbocycles. The fourth-order valence-electron chi connectivity index (χ4n) is 0. The number of hydrogen-bond donors (Lipinski definition) is 4. The van der Waals surface area contributed by atoms with E-state index in [1.807, 2.05) is 0 Å². The SMILES string of the molecule is N.N.O=P(O)(O)[O][AlH2]. The molecule has 0 aromatic heterocycles. The molecule has 0 spiro atoms. The molecular weight excluding hydrogens is 150 g/mol. The smallest absolute Gasteiger partial charge is 0.423 e. The lowest BCUT2D eigenvalue weighted by Crippen LogP contribution is -1.78. The average molecular weight is 160 g/mol. The Morgan fingerprint density at radius 3 is 1.50 bits per heavy atom. The lowest BCUT2D eigenvalue weighted by molar-refractivity contribution is 0.292. The first kappa shape index (κ1) is 15.8. The molecule has 6 nitrogen and oxygen atoms in total. The van der Waals surface area contributed by atoms with Crippen LogP contribution in [-0.4, -0.2) is 26.4 Å². The zero-order valence-corrected chi connectivity index (χ0v) is 7.47. The van der Waals surface area contributed by atoms with E-state index in [4.69, 9.17) is 9.79 Å². The Morgan fingerprint density at radius 2 is 1.50 bits per heavy atom. The average Bonchev–Trinajstić information content (AvgIpc) is 1.35. The third kappa shape index (κ3) is 16.0. The molecule has 0 aliphatic rings. The zero-order chi connectivity index (χ0) is 5.21. The third-order valence-electron chi connectivity index (χ3n) is 0.238. The fraction of sp³-hybridized carbons (Fsp3) is 0. The van der Waals surface area contributed by atoms with Crippen molar-refractivity contribution in [3.63, 3.8) is 0 Å². The van der Waals surface area contributed by atoms with Crippen LogP contribution in [0.5, 0.6) is 0 Å². The molecule has 0 aromatic carbocycles. The van der Waals surface area contributed by atoms with E-state index in [1.54, 1.807) is 0 Å². The highest BCUT2D eigenvalue weighted by Crippen LogP contribution is 2.33. The first-order chi connectivity index (χ1) is 2.56. The van der Waals surface area contributed by atoms with Crippen LogP contribution in [0, 0.1) is 0 Å². The normalized spacial score (nSPS) is 8.75. The molecule has 8 heteroatoms. The molecule has 8 heavy (non-hydrogen) atoms. The summed E-state index contributed by atoms with van der Waals surface area (Å²) in [6, 6.07) is 0. The highest BCUT2D eigenvalue weighted by molar-refractivity contribution is 7.47. The molecule has 0 radical (unpaired) electrons. The molecule has 52 valence electrons. The molecule has 0 saturated heterocycles. The zero-order valence-electron chi connectivity index (χ0n) is 4.57. The van der Waals surface area contributed by atoms with Crippen molar-refractivity contribution < 1.29 is 17.9 Å². The minimum Gasteiger partial charge on any atom is -0.423 e. The van der Waals surface area contributed by atoms with Crippen molar-refractivity contribution in [1.82, 2.24) is 12.3 Å². The van der Waals surface area contributed by atoms with Gasteiger partial charge in [-0.15, -0.1) is 0 Å². The Hall–Kier alpha value is 0.562. The summed E-state index contributed by atoms with van der Waals surface area (Å²) in [5.41, 5.74) is 0. The van der Waals surface area contributed by atoms with Gasteiger partial charge in [0.15, 0.2) is 0 Å². The van der Waals surface area contributed by atoms with Gasteiger partial charge in [0.05, 0.1) is 0 Å². The summed E-state index contributed by atoms with van der Waals surface area (Å²) < 4.78 is 13.2. The minimum atomic E-state index is -4.08. The number of phosphoric acid groups is 1. The van der Waals surface area contributed by atoms with Gasteiger partial charge < -0.3 is 25.7 Å². The van der Waals surface area contributed by atoms with Gasteiger partial charge in [0, 0.05) is 0 Å². The van der Waals surface area contributed by atoms with Crippen LogP contribution in [0.15, 0.2) is 0 Å². The standard InChI is InChI=1S/Al.2H3N.H3O4P.2H/c;;;1-5(2,3)4;;/h;2*1H3;(H3,1,2,3,4);;/q+1;;;;;/p-1.